The van der Waals surface area contributed by atoms with Gasteiger partial charge in [-0.05, 0) is 45.3 Å². The number of hydrogen-bond acceptors (Lipinski definition) is 8. The van der Waals surface area contributed by atoms with E-state index in [2.05, 4.69) is 27.1 Å². The number of fused-ring (bicyclic) bond motifs is 1. The summed E-state index contributed by atoms with van der Waals surface area (Å²) in [5.74, 6) is 1.12. The molecule has 0 bridgehead atoms. The Kier molecular flexibility index (Phi) is 8.26. The molecule has 0 saturated carbocycles. The van der Waals surface area contributed by atoms with Crippen molar-refractivity contribution < 1.29 is 14.3 Å². The molecule has 2 N–H and O–H groups in total. The molecule has 0 unspecified atom stereocenters. The van der Waals surface area contributed by atoms with Crippen molar-refractivity contribution >= 4 is 45.6 Å². The van der Waals surface area contributed by atoms with Crippen molar-refractivity contribution in [1.82, 2.24) is 19.4 Å². The molecule has 10 nitrogen and oxygen atoms in total. The number of carbonyl (C=O) groups excluding carboxylic acids is 2. The second-order valence-electron chi connectivity index (χ2n) is 9.34. The molecule has 202 valence electrons. The number of aromatic nitrogens is 3. The number of anilines is 4. The van der Waals surface area contributed by atoms with E-state index in [4.69, 9.17) is 9.72 Å². The van der Waals surface area contributed by atoms with Crippen molar-refractivity contribution in [2.45, 2.75) is 6.92 Å². The van der Waals surface area contributed by atoms with Gasteiger partial charge in [-0.25, -0.2) is 4.98 Å². The van der Waals surface area contributed by atoms with Gasteiger partial charge in [0, 0.05) is 49.5 Å². The summed E-state index contributed by atoms with van der Waals surface area (Å²) in [6.45, 7) is 6.68. The molecule has 0 radical (unpaired) electrons. The molecule has 0 saturated heterocycles. The highest BCUT2D eigenvalue weighted by atomic mass is 16.5. The normalized spacial score (nSPS) is 10.9. The van der Waals surface area contributed by atoms with Crippen LogP contribution in [-0.4, -0.2) is 72.5 Å². The topological polar surface area (TPSA) is 105 Å². The lowest BCUT2D eigenvalue weighted by Crippen LogP contribution is -2.29. The molecular formula is C29H33N7O3. The smallest absolute Gasteiger partial charge is 0.247 e. The summed E-state index contributed by atoms with van der Waals surface area (Å²) in [6, 6.07) is 13.1. The molecule has 2 aromatic heterocycles. The molecule has 2 heterocycles. The van der Waals surface area contributed by atoms with E-state index >= 15 is 0 Å². The molecule has 0 aliphatic rings. The molecule has 0 aliphatic carbocycles. The Bertz CT molecular complexity index is 1530. The minimum Gasteiger partial charge on any atom is -0.494 e. The van der Waals surface area contributed by atoms with Crippen LogP contribution in [-0.2, 0) is 4.79 Å². The van der Waals surface area contributed by atoms with E-state index in [-0.39, 0.29) is 11.7 Å². The summed E-state index contributed by atoms with van der Waals surface area (Å²) >= 11 is 0. The summed E-state index contributed by atoms with van der Waals surface area (Å²) in [6.07, 6.45) is 4.66. The van der Waals surface area contributed by atoms with Gasteiger partial charge in [0.25, 0.3) is 0 Å². The third kappa shape index (κ3) is 6.07. The second kappa shape index (κ2) is 11.8. The monoisotopic (exact) mass is 527 g/mol. The zero-order chi connectivity index (χ0) is 28.1. The number of rotatable bonds is 11. The first-order chi connectivity index (χ1) is 18.7. The number of nitrogens with zero attached hydrogens (tertiary/aromatic N) is 5. The van der Waals surface area contributed by atoms with Crippen LogP contribution in [0.4, 0.5) is 23.0 Å². The summed E-state index contributed by atoms with van der Waals surface area (Å²) in [5, 5.41) is 6.98. The Balaban J connectivity index is 1.73. The molecule has 10 heteroatoms. The lowest BCUT2D eigenvalue weighted by Gasteiger charge is -2.26. The van der Waals surface area contributed by atoms with Crippen molar-refractivity contribution in [2.24, 2.45) is 0 Å². The fourth-order valence-corrected chi connectivity index (χ4v) is 4.22. The summed E-state index contributed by atoms with van der Waals surface area (Å²) in [4.78, 5) is 37.7. The first kappa shape index (κ1) is 27.3. The summed E-state index contributed by atoms with van der Waals surface area (Å²) in [5.41, 5.74) is 3.44. The average molecular weight is 528 g/mol. The number of para-hydroxylation sites is 1. The van der Waals surface area contributed by atoms with E-state index in [1.165, 1.54) is 6.08 Å². The lowest BCUT2D eigenvalue weighted by molar-refractivity contribution is -0.111. The largest absolute Gasteiger partial charge is 0.494 e. The summed E-state index contributed by atoms with van der Waals surface area (Å²) < 4.78 is 7.56. The Morgan fingerprint density at radius 1 is 1.10 bits per heavy atom. The van der Waals surface area contributed by atoms with Gasteiger partial charge < -0.3 is 29.7 Å². The zero-order valence-corrected chi connectivity index (χ0v) is 22.9. The molecule has 39 heavy (non-hydrogen) atoms. The Morgan fingerprint density at radius 3 is 2.56 bits per heavy atom. The molecule has 2 aromatic carbocycles. The van der Waals surface area contributed by atoms with E-state index in [1.54, 1.807) is 38.6 Å². The maximum atomic E-state index is 12.2. The SMILES string of the molecule is C=CC(=O)Nc1cc(Nc2nccc(-n3cc(C(C)=O)c4ccccc43)n2)c(OC)cc1N(C)CCN(C)C. The van der Waals surface area contributed by atoms with Crippen LogP contribution in [0.3, 0.4) is 0 Å². The number of benzene rings is 2. The molecule has 4 aromatic rings. The fraction of sp³-hybridized carbons (Fsp3) is 0.241. The van der Waals surface area contributed by atoms with Gasteiger partial charge in [0.05, 0.1) is 29.7 Å². The van der Waals surface area contributed by atoms with E-state index in [0.29, 0.717) is 34.5 Å². The van der Waals surface area contributed by atoms with Crippen molar-refractivity contribution in [1.29, 1.82) is 0 Å². The van der Waals surface area contributed by atoms with Gasteiger partial charge in [-0.3, -0.25) is 9.59 Å². The minimum absolute atomic E-state index is 0.0215. The zero-order valence-electron chi connectivity index (χ0n) is 22.9. The minimum atomic E-state index is -0.326. The van der Waals surface area contributed by atoms with Crippen molar-refractivity contribution in [2.75, 3.05) is 56.9 Å². The van der Waals surface area contributed by atoms with E-state index < -0.39 is 0 Å². The number of carbonyl (C=O) groups is 2. The predicted octanol–water partition coefficient (Wildman–Crippen LogP) is 4.50. The highest BCUT2D eigenvalue weighted by molar-refractivity contribution is 6.07. The van der Waals surface area contributed by atoms with Crippen LogP contribution in [0.2, 0.25) is 0 Å². The van der Waals surface area contributed by atoms with Gasteiger partial charge in [0.15, 0.2) is 5.78 Å². The van der Waals surface area contributed by atoms with Gasteiger partial charge >= 0.3 is 0 Å². The van der Waals surface area contributed by atoms with E-state index in [1.807, 2.05) is 60.9 Å². The number of Topliss-reactive ketones (excluding diaryl/α,β-unsaturated/α-hetero) is 1. The van der Waals surface area contributed by atoms with Crippen molar-refractivity contribution in [3.63, 3.8) is 0 Å². The number of amides is 1. The molecule has 1 amide bonds. The van der Waals surface area contributed by atoms with Gasteiger partial charge in [-0.2, -0.15) is 4.98 Å². The number of nitrogens with one attached hydrogen (secondary N) is 2. The van der Waals surface area contributed by atoms with Gasteiger partial charge in [-0.15, -0.1) is 0 Å². The standard InChI is InChI=1S/C29H33N7O3/c1-7-28(38)31-22-16-23(26(39-6)17-25(22)35(5)15-14-34(3)4)32-29-30-13-12-27(33-29)36-18-21(19(2)37)20-10-8-9-11-24(20)36/h7-13,16-18H,1,14-15H2,2-6H3,(H,31,38)(H,30,32,33). The molecule has 0 fully saturated rings. The third-order valence-electron chi connectivity index (χ3n) is 6.28. The number of hydrogen-bond donors (Lipinski definition) is 2. The Morgan fingerprint density at radius 2 is 1.87 bits per heavy atom. The lowest BCUT2D eigenvalue weighted by atomic mass is 10.1. The second-order valence-corrected chi connectivity index (χ2v) is 9.34. The molecule has 4 rings (SSSR count). The first-order valence-corrected chi connectivity index (χ1v) is 12.4. The van der Waals surface area contributed by atoms with Crippen LogP contribution >= 0.6 is 0 Å². The van der Waals surface area contributed by atoms with Crippen LogP contribution in [0.5, 0.6) is 5.75 Å². The van der Waals surface area contributed by atoms with Crippen LogP contribution in [0.25, 0.3) is 16.7 Å². The Hall–Kier alpha value is -4.70. The predicted molar refractivity (Wildman–Crippen MR) is 156 cm³/mol. The van der Waals surface area contributed by atoms with Crippen LogP contribution in [0.15, 0.2) is 67.5 Å². The molecule has 0 atom stereocenters. The average Bonchev–Trinajstić information content (AvgIpc) is 3.32. The fourth-order valence-electron chi connectivity index (χ4n) is 4.22. The van der Waals surface area contributed by atoms with Crippen molar-refractivity contribution in [3.8, 4) is 11.6 Å². The maximum absolute atomic E-state index is 12.2. The van der Waals surface area contributed by atoms with E-state index in [0.717, 1.165) is 29.7 Å². The van der Waals surface area contributed by atoms with Crippen LogP contribution in [0.1, 0.15) is 17.3 Å². The van der Waals surface area contributed by atoms with Gasteiger partial charge in [0.2, 0.25) is 11.9 Å². The van der Waals surface area contributed by atoms with Crippen LogP contribution in [0, 0.1) is 0 Å². The van der Waals surface area contributed by atoms with Gasteiger partial charge in [-0.1, -0.05) is 24.8 Å². The third-order valence-corrected chi connectivity index (χ3v) is 6.28. The van der Waals surface area contributed by atoms with Crippen LogP contribution < -0.4 is 20.3 Å². The molecule has 0 spiro atoms. The van der Waals surface area contributed by atoms with E-state index in [9.17, 15) is 9.59 Å². The Labute approximate surface area is 227 Å². The number of methoxy groups -OCH3 is 1. The number of likely N-dealkylation sites (N-methyl/N-ethyl adjacent to an activating group) is 2. The maximum Gasteiger partial charge on any atom is 0.247 e. The summed E-state index contributed by atoms with van der Waals surface area (Å²) in [7, 11) is 7.55. The molecule has 0 aliphatic heterocycles. The van der Waals surface area contributed by atoms with Gasteiger partial charge in [0.1, 0.15) is 11.6 Å². The molecular weight excluding hydrogens is 494 g/mol. The number of ketones is 1. The first-order valence-electron chi connectivity index (χ1n) is 12.4. The highest BCUT2D eigenvalue weighted by Crippen LogP contribution is 2.38. The van der Waals surface area contributed by atoms with Crippen molar-refractivity contribution in [3.05, 3.63) is 73.1 Å². The number of ether oxygens (including phenoxy) is 1. The quantitative estimate of drug-likeness (QED) is 0.217. The highest BCUT2D eigenvalue weighted by Gasteiger charge is 2.18.